The zero-order valence-corrected chi connectivity index (χ0v) is 12.6. The van der Waals surface area contributed by atoms with E-state index in [1.165, 1.54) is 7.11 Å². The van der Waals surface area contributed by atoms with E-state index in [2.05, 4.69) is 0 Å². The number of carbonyl (C=O) groups excluding carboxylic acids is 1. The van der Waals surface area contributed by atoms with Crippen molar-refractivity contribution in [3.63, 3.8) is 0 Å². The lowest BCUT2D eigenvalue weighted by Gasteiger charge is -2.34. The van der Waals surface area contributed by atoms with Crippen molar-refractivity contribution in [3.05, 3.63) is 33.8 Å². The Morgan fingerprint density at radius 3 is 2.26 bits per heavy atom. The molecule has 1 amide bonds. The Labute approximate surface area is 122 Å². The molecule has 0 aliphatic heterocycles. The summed E-state index contributed by atoms with van der Waals surface area (Å²) in [6.45, 7) is 3.92. The lowest BCUT2D eigenvalue weighted by molar-refractivity contribution is -0.201. The van der Waals surface area contributed by atoms with Gasteiger partial charge in [0.25, 0.3) is 0 Å². The maximum Gasteiger partial charge on any atom is 0.407 e. The highest BCUT2D eigenvalue weighted by Crippen LogP contribution is 2.41. The maximum atomic E-state index is 11.2. The van der Waals surface area contributed by atoms with E-state index in [0.717, 1.165) is 0 Å². The molecule has 0 aliphatic rings. The molecule has 6 heteroatoms. The van der Waals surface area contributed by atoms with E-state index in [-0.39, 0.29) is 5.92 Å². The summed E-state index contributed by atoms with van der Waals surface area (Å²) in [4.78, 5) is 11.2. The SMILES string of the molecule is CO[C@](CC(C)C)(OC(N)=O)c1c(Cl)cccc1Cl. The van der Waals surface area contributed by atoms with E-state index in [0.29, 0.717) is 22.0 Å². The molecule has 0 aliphatic carbocycles. The summed E-state index contributed by atoms with van der Waals surface area (Å²) in [7, 11) is 1.42. The van der Waals surface area contributed by atoms with Crippen LogP contribution in [0.25, 0.3) is 0 Å². The minimum atomic E-state index is -1.38. The van der Waals surface area contributed by atoms with Crippen LogP contribution in [-0.2, 0) is 15.3 Å². The fraction of sp³-hybridized carbons (Fsp3) is 0.462. The van der Waals surface area contributed by atoms with E-state index in [1.54, 1.807) is 18.2 Å². The molecule has 106 valence electrons. The van der Waals surface area contributed by atoms with E-state index >= 15 is 0 Å². The average molecular weight is 306 g/mol. The number of hydrogen-bond acceptors (Lipinski definition) is 3. The zero-order valence-electron chi connectivity index (χ0n) is 11.1. The Bertz CT molecular complexity index is 445. The van der Waals surface area contributed by atoms with E-state index in [9.17, 15) is 4.79 Å². The first-order chi connectivity index (χ1) is 8.82. The molecule has 0 unspecified atom stereocenters. The molecule has 19 heavy (non-hydrogen) atoms. The van der Waals surface area contributed by atoms with E-state index < -0.39 is 11.9 Å². The molecule has 4 nitrogen and oxygen atoms in total. The van der Waals surface area contributed by atoms with Gasteiger partial charge < -0.3 is 15.2 Å². The van der Waals surface area contributed by atoms with Gasteiger partial charge in [0.2, 0.25) is 5.79 Å². The van der Waals surface area contributed by atoms with Crippen molar-refractivity contribution in [1.82, 2.24) is 0 Å². The number of methoxy groups -OCH3 is 1. The quantitative estimate of drug-likeness (QED) is 0.838. The predicted octanol–water partition coefficient (Wildman–Crippen LogP) is 3.93. The van der Waals surface area contributed by atoms with Gasteiger partial charge in [0.05, 0.1) is 15.6 Å². The normalized spacial score (nSPS) is 14.2. The van der Waals surface area contributed by atoms with Gasteiger partial charge in [-0.05, 0) is 18.1 Å². The largest absolute Gasteiger partial charge is 0.412 e. The Kier molecular flexibility index (Phi) is 5.47. The van der Waals surface area contributed by atoms with Crippen LogP contribution < -0.4 is 5.73 Å². The van der Waals surface area contributed by atoms with Crippen LogP contribution in [0.4, 0.5) is 4.79 Å². The van der Waals surface area contributed by atoms with Crippen molar-refractivity contribution >= 4 is 29.3 Å². The summed E-state index contributed by atoms with van der Waals surface area (Å²) in [5.41, 5.74) is 5.55. The molecular weight excluding hydrogens is 289 g/mol. The smallest absolute Gasteiger partial charge is 0.407 e. The maximum absolute atomic E-state index is 11.2. The fourth-order valence-corrected chi connectivity index (χ4v) is 2.67. The second-order valence-electron chi connectivity index (χ2n) is 4.57. The first-order valence-electron chi connectivity index (χ1n) is 5.80. The number of hydrogen-bond donors (Lipinski definition) is 1. The Balaban J connectivity index is 3.40. The molecule has 1 aromatic rings. The molecule has 0 aromatic heterocycles. The average Bonchev–Trinajstić information content (AvgIpc) is 2.26. The molecule has 2 N–H and O–H groups in total. The standard InChI is InChI=1S/C13H17Cl2NO3/c1-8(2)7-13(18-3,19-12(16)17)11-9(14)5-4-6-10(11)15/h4-6,8H,7H2,1-3H3,(H2,16,17)/t13-/m1/s1. The molecule has 1 atom stereocenters. The van der Waals surface area contributed by atoms with Crippen LogP contribution in [0, 0.1) is 5.92 Å². The van der Waals surface area contributed by atoms with Crippen LogP contribution in [0.3, 0.4) is 0 Å². The van der Waals surface area contributed by atoms with Crippen LogP contribution in [0.2, 0.25) is 10.0 Å². The van der Waals surface area contributed by atoms with Crippen molar-refractivity contribution < 1.29 is 14.3 Å². The Morgan fingerprint density at radius 2 is 1.89 bits per heavy atom. The van der Waals surface area contributed by atoms with Crippen molar-refractivity contribution in [2.45, 2.75) is 26.1 Å². The molecule has 0 heterocycles. The number of ether oxygens (including phenoxy) is 2. The van der Waals surface area contributed by atoms with Gasteiger partial charge in [0.15, 0.2) is 0 Å². The van der Waals surface area contributed by atoms with Gasteiger partial charge >= 0.3 is 6.09 Å². The first-order valence-corrected chi connectivity index (χ1v) is 6.56. The highest BCUT2D eigenvalue weighted by atomic mass is 35.5. The van der Waals surface area contributed by atoms with Crippen LogP contribution in [0.5, 0.6) is 0 Å². The van der Waals surface area contributed by atoms with Gasteiger partial charge in [-0.2, -0.15) is 0 Å². The Morgan fingerprint density at radius 1 is 1.37 bits per heavy atom. The van der Waals surface area contributed by atoms with Gasteiger partial charge in [-0.25, -0.2) is 4.79 Å². The second-order valence-corrected chi connectivity index (χ2v) is 5.39. The molecule has 1 rings (SSSR count). The topological polar surface area (TPSA) is 61.6 Å². The minimum Gasteiger partial charge on any atom is -0.412 e. The molecule has 0 saturated heterocycles. The van der Waals surface area contributed by atoms with Gasteiger partial charge in [0.1, 0.15) is 0 Å². The lowest BCUT2D eigenvalue weighted by Crippen LogP contribution is -2.38. The molecule has 0 fully saturated rings. The molecule has 0 spiro atoms. The summed E-state index contributed by atoms with van der Waals surface area (Å²) in [5, 5.41) is 0.715. The number of benzene rings is 1. The summed E-state index contributed by atoms with van der Waals surface area (Å²) in [5.74, 6) is -1.21. The predicted molar refractivity (Wildman–Crippen MR) is 75.3 cm³/mol. The van der Waals surface area contributed by atoms with Crippen LogP contribution in [0.1, 0.15) is 25.8 Å². The van der Waals surface area contributed by atoms with Crippen LogP contribution in [-0.4, -0.2) is 13.2 Å². The van der Waals surface area contributed by atoms with Gasteiger partial charge in [-0.15, -0.1) is 0 Å². The van der Waals surface area contributed by atoms with Crippen molar-refractivity contribution in [3.8, 4) is 0 Å². The molecular formula is C13H17Cl2NO3. The molecule has 0 radical (unpaired) electrons. The second kappa shape index (κ2) is 6.46. The summed E-state index contributed by atoms with van der Waals surface area (Å²) < 4.78 is 10.6. The van der Waals surface area contributed by atoms with Gasteiger partial charge in [-0.1, -0.05) is 43.1 Å². The van der Waals surface area contributed by atoms with Gasteiger partial charge in [-0.3, -0.25) is 0 Å². The van der Waals surface area contributed by atoms with E-state index in [4.69, 9.17) is 38.4 Å². The Hall–Kier alpha value is -0.970. The monoisotopic (exact) mass is 305 g/mol. The minimum absolute atomic E-state index is 0.173. The molecule has 0 bridgehead atoms. The number of nitrogens with two attached hydrogens (primary N) is 1. The number of primary amides is 1. The van der Waals surface area contributed by atoms with E-state index in [1.807, 2.05) is 13.8 Å². The highest BCUT2D eigenvalue weighted by molar-refractivity contribution is 6.36. The third kappa shape index (κ3) is 3.75. The van der Waals surface area contributed by atoms with Crippen molar-refractivity contribution in [2.24, 2.45) is 11.7 Å². The van der Waals surface area contributed by atoms with Crippen LogP contribution in [0.15, 0.2) is 18.2 Å². The first kappa shape index (κ1) is 16.1. The third-order valence-electron chi connectivity index (χ3n) is 2.62. The van der Waals surface area contributed by atoms with Crippen LogP contribution >= 0.6 is 23.2 Å². The fourth-order valence-electron chi connectivity index (χ4n) is 1.98. The molecule has 0 saturated carbocycles. The number of halogens is 2. The molecule has 1 aromatic carbocycles. The van der Waals surface area contributed by atoms with Crippen molar-refractivity contribution in [1.29, 1.82) is 0 Å². The number of rotatable bonds is 5. The zero-order chi connectivity index (χ0) is 14.6. The number of carbonyl (C=O) groups is 1. The third-order valence-corrected chi connectivity index (χ3v) is 3.25. The lowest BCUT2D eigenvalue weighted by atomic mass is 9.95. The summed E-state index contributed by atoms with van der Waals surface area (Å²) >= 11 is 12.3. The summed E-state index contributed by atoms with van der Waals surface area (Å²) in [6.07, 6.45) is -0.561. The summed E-state index contributed by atoms with van der Waals surface area (Å²) in [6, 6.07) is 5.01. The van der Waals surface area contributed by atoms with Gasteiger partial charge in [0, 0.05) is 13.5 Å². The highest BCUT2D eigenvalue weighted by Gasteiger charge is 2.40. The van der Waals surface area contributed by atoms with Crippen molar-refractivity contribution in [2.75, 3.05) is 7.11 Å². The number of amides is 1.